The van der Waals surface area contributed by atoms with Crippen LogP contribution in [-0.2, 0) is 15.6 Å². The van der Waals surface area contributed by atoms with Crippen LogP contribution in [0, 0.1) is 0 Å². The van der Waals surface area contributed by atoms with E-state index in [9.17, 15) is 8.42 Å². The largest absolute Gasteiger partial charge is 0.452 e. The average molecular weight is 272 g/mol. The first-order valence-electron chi connectivity index (χ1n) is 5.90. The fraction of sp³-hybridized carbons (Fsp3) is 0.0667. The van der Waals surface area contributed by atoms with Gasteiger partial charge in [-0.15, -0.1) is 0 Å². The highest BCUT2D eigenvalue weighted by molar-refractivity contribution is 7.90. The first kappa shape index (κ1) is 12.0. The summed E-state index contributed by atoms with van der Waals surface area (Å²) in [4.78, 5) is 0. The second-order valence-corrected chi connectivity index (χ2v) is 6.24. The highest BCUT2D eigenvalue weighted by atomic mass is 32.2. The fourth-order valence-electron chi connectivity index (χ4n) is 2.07. The van der Waals surface area contributed by atoms with Crippen molar-refractivity contribution < 1.29 is 12.8 Å². The molecule has 0 bridgehead atoms. The van der Waals surface area contributed by atoms with Gasteiger partial charge in [0, 0.05) is 10.8 Å². The zero-order chi connectivity index (χ0) is 13.3. The van der Waals surface area contributed by atoms with Crippen molar-refractivity contribution in [2.75, 3.05) is 0 Å². The van der Waals surface area contributed by atoms with Gasteiger partial charge in [-0.2, -0.15) is 0 Å². The number of furan rings is 1. The normalized spacial score (nSPS) is 11.8. The van der Waals surface area contributed by atoms with E-state index in [2.05, 4.69) is 0 Å². The zero-order valence-corrected chi connectivity index (χ0v) is 10.9. The SMILES string of the molecule is O=S(=O)(Cc1ccccc1)c1occ2ccccc12. The Labute approximate surface area is 111 Å². The molecule has 4 heteroatoms. The third-order valence-electron chi connectivity index (χ3n) is 2.96. The molecule has 0 radical (unpaired) electrons. The number of sulfone groups is 1. The van der Waals surface area contributed by atoms with E-state index in [1.54, 1.807) is 24.3 Å². The van der Waals surface area contributed by atoms with Crippen molar-refractivity contribution in [2.24, 2.45) is 0 Å². The number of benzene rings is 2. The summed E-state index contributed by atoms with van der Waals surface area (Å²) in [6.45, 7) is 0. The Hall–Kier alpha value is -2.07. The van der Waals surface area contributed by atoms with E-state index in [-0.39, 0.29) is 10.8 Å². The van der Waals surface area contributed by atoms with Crippen LogP contribution in [0.4, 0.5) is 0 Å². The lowest BCUT2D eigenvalue weighted by atomic mass is 10.2. The molecule has 0 saturated carbocycles. The summed E-state index contributed by atoms with van der Waals surface area (Å²) in [6.07, 6.45) is 1.48. The molecule has 0 amide bonds. The van der Waals surface area contributed by atoms with Gasteiger partial charge in [0.05, 0.1) is 5.75 Å². The second-order valence-electron chi connectivity index (χ2n) is 4.36. The number of hydrogen-bond donors (Lipinski definition) is 0. The summed E-state index contributed by atoms with van der Waals surface area (Å²) >= 11 is 0. The molecular weight excluding hydrogens is 260 g/mol. The van der Waals surface area contributed by atoms with E-state index in [4.69, 9.17) is 4.42 Å². The lowest BCUT2D eigenvalue weighted by Gasteiger charge is -2.02. The minimum Gasteiger partial charge on any atom is -0.452 e. The molecule has 0 aliphatic rings. The van der Waals surface area contributed by atoms with Gasteiger partial charge in [-0.3, -0.25) is 0 Å². The van der Waals surface area contributed by atoms with Crippen molar-refractivity contribution in [3.05, 3.63) is 66.4 Å². The number of rotatable bonds is 3. The van der Waals surface area contributed by atoms with E-state index in [1.807, 2.05) is 30.3 Å². The van der Waals surface area contributed by atoms with Crippen LogP contribution in [0.15, 0.2) is 70.4 Å². The Morgan fingerprint density at radius 2 is 1.58 bits per heavy atom. The van der Waals surface area contributed by atoms with Gasteiger partial charge in [0.2, 0.25) is 14.9 Å². The van der Waals surface area contributed by atoms with Crippen LogP contribution < -0.4 is 0 Å². The summed E-state index contributed by atoms with van der Waals surface area (Å²) in [5, 5.41) is 1.49. The van der Waals surface area contributed by atoms with Crippen LogP contribution in [0.1, 0.15) is 5.56 Å². The quantitative estimate of drug-likeness (QED) is 0.734. The molecule has 0 fully saturated rings. The molecule has 1 aromatic heterocycles. The molecule has 0 saturated heterocycles. The maximum absolute atomic E-state index is 12.4. The van der Waals surface area contributed by atoms with Crippen molar-refractivity contribution in [3.63, 3.8) is 0 Å². The van der Waals surface area contributed by atoms with Gasteiger partial charge in [0.25, 0.3) is 0 Å². The van der Waals surface area contributed by atoms with Crippen LogP contribution in [0.5, 0.6) is 0 Å². The van der Waals surface area contributed by atoms with E-state index < -0.39 is 9.84 Å². The summed E-state index contributed by atoms with van der Waals surface area (Å²) in [5.41, 5.74) is 0.753. The van der Waals surface area contributed by atoms with Crippen LogP contribution in [-0.4, -0.2) is 8.42 Å². The van der Waals surface area contributed by atoms with Crippen molar-refractivity contribution in [1.82, 2.24) is 0 Å². The van der Waals surface area contributed by atoms with Crippen LogP contribution in [0.2, 0.25) is 0 Å². The van der Waals surface area contributed by atoms with Gasteiger partial charge in [0.1, 0.15) is 6.26 Å². The standard InChI is InChI=1S/C15H12O3S/c16-19(17,11-12-6-2-1-3-7-12)15-14-9-5-4-8-13(14)10-18-15/h1-10H,11H2. The van der Waals surface area contributed by atoms with E-state index >= 15 is 0 Å². The van der Waals surface area contributed by atoms with E-state index in [0.29, 0.717) is 5.39 Å². The monoisotopic (exact) mass is 272 g/mol. The Balaban J connectivity index is 2.05. The first-order chi connectivity index (χ1) is 9.17. The summed E-state index contributed by atoms with van der Waals surface area (Å²) in [6, 6.07) is 16.3. The van der Waals surface area contributed by atoms with Gasteiger partial charge in [-0.25, -0.2) is 8.42 Å². The third-order valence-corrected chi connectivity index (χ3v) is 4.55. The number of fused-ring (bicyclic) bond motifs is 1. The molecule has 3 nitrogen and oxygen atoms in total. The molecule has 96 valence electrons. The van der Waals surface area contributed by atoms with Crippen molar-refractivity contribution >= 4 is 20.6 Å². The predicted molar refractivity (Wildman–Crippen MR) is 73.5 cm³/mol. The maximum Gasteiger partial charge on any atom is 0.225 e. The van der Waals surface area contributed by atoms with Crippen molar-refractivity contribution in [1.29, 1.82) is 0 Å². The average Bonchev–Trinajstić information content (AvgIpc) is 2.84. The minimum atomic E-state index is -3.46. The van der Waals surface area contributed by atoms with E-state index in [1.165, 1.54) is 6.26 Å². The highest BCUT2D eigenvalue weighted by Crippen LogP contribution is 2.27. The molecule has 1 heterocycles. The molecule has 0 spiro atoms. The zero-order valence-electron chi connectivity index (χ0n) is 10.1. The number of hydrogen-bond acceptors (Lipinski definition) is 3. The van der Waals surface area contributed by atoms with Gasteiger partial charge in [-0.1, -0.05) is 48.5 Å². The minimum absolute atomic E-state index is 0.0481. The van der Waals surface area contributed by atoms with Gasteiger partial charge >= 0.3 is 0 Å². The van der Waals surface area contributed by atoms with Crippen LogP contribution >= 0.6 is 0 Å². The molecule has 0 unspecified atom stereocenters. The van der Waals surface area contributed by atoms with Gasteiger partial charge in [-0.05, 0) is 11.6 Å². The smallest absolute Gasteiger partial charge is 0.225 e. The molecule has 19 heavy (non-hydrogen) atoms. The Bertz CT molecular complexity index is 802. The van der Waals surface area contributed by atoms with Crippen LogP contribution in [0.3, 0.4) is 0 Å². The molecule has 0 aliphatic carbocycles. The maximum atomic E-state index is 12.4. The highest BCUT2D eigenvalue weighted by Gasteiger charge is 2.22. The summed E-state index contributed by atoms with van der Waals surface area (Å²) < 4.78 is 30.0. The van der Waals surface area contributed by atoms with E-state index in [0.717, 1.165) is 10.9 Å². The molecule has 3 aromatic rings. The lowest BCUT2D eigenvalue weighted by molar-refractivity contribution is 0.456. The Kier molecular flexibility index (Phi) is 2.87. The molecule has 0 N–H and O–H groups in total. The van der Waals surface area contributed by atoms with Crippen molar-refractivity contribution in [2.45, 2.75) is 10.8 Å². The van der Waals surface area contributed by atoms with Gasteiger partial charge in [0.15, 0.2) is 0 Å². The molecule has 0 aliphatic heterocycles. The van der Waals surface area contributed by atoms with Crippen molar-refractivity contribution in [3.8, 4) is 0 Å². The second kappa shape index (κ2) is 4.55. The Morgan fingerprint density at radius 1 is 0.895 bits per heavy atom. The molecular formula is C15H12O3S. The molecule has 3 rings (SSSR count). The van der Waals surface area contributed by atoms with Gasteiger partial charge < -0.3 is 4.42 Å². The first-order valence-corrected chi connectivity index (χ1v) is 7.55. The molecule has 2 aromatic carbocycles. The summed E-state index contributed by atoms with van der Waals surface area (Å²) in [5.74, 6) is -0.0503. The predicted octanol–water partition coefficient (Wildman–Crippen LogP) is 3.41. The Morgan fingerprint density at radius 3 is 2.37 bits per heavy atom. The lowest BCUT2D eigenvalue weighted by Crippen LogP contribution is -2.04. The topological polar surface area (TPSA) is 47.3 Å². The molecule has 0 atom stereocenters. The summed E-state index contributed by atoms with van der Waals surface area (Å²) in [7, 11) is -3.46. The van der Waals surface area contributed by atoms with Crippen LogP contribution in [0.25, 0.3) is 10.8 Å². The third kappa shape index (κ3) is 2.27. The fourth-order valence-corrected chi connectivity index (χ4v) is 3.54.